The Kier molecular flexibility index (Phi) is 4.45. The predicted octanol–water partition coefficient (Wildman–Crippen LogP) is -0.169. The normalized spacial score (nSPS) is 9.94. The first-order valence-corrected chi connectivity index (χ1v) is 5.36. The van der Waals surface area contributed by atoms with Gasteiger partial charge in [0.25, 0.3) is 5.91 Å². The third kappa shape index (κ3) is 4.10. The molecule has 0 radical (unpaired) electrons. The summed E-state index contributed by atoms with van der Waals surface area (Å²) >= 11 is 0. The van der Waals surface area contributed by atoms with Crippen LogP contribution in [0, 0.1) is 0 Å². The standard InChI is InChI=1S/C11H16N4O2/c1-2-3-8-4-7(5-9(12)15-8)11(17)14-6-10(13)16/h4-5H,2-3,6H2,1H3,(H2,12,15)(H2,13,16)(H,14,17). The number of aryl methyl sites for hydroxylation is 1. The minimum absolute atomic E-state index is 0.190. The molecule has 0 spiro atoms. The maximum Gasteiger partial charge on any atom is 0.251 e. The number of amides is 2. The average molecular weight is 236 g/mol. The second-order valence-electron chi connectivity index (χ2n) is 3.67. The number of pyridine rings is 1. The molecule has 6 nitrogen and oxygen atoms in total. The van der Waals surface area contributed by atoms with Gasteiger partial charge in [-0.15, -0.1) is 0 Å². The summed E-state index contributed by atoms with van der Waals surface area (Å²) in [5.74, 6) is -0.676. The number of hydrogen-bond acceptors (Lipinski definition) is 4. The van der Waals surface area contributed by atoms with Crippen molar-refractivity contribution in [2.45, 2.75) is 19.8 Å². The fourth-order valence-corrected chi connectivity index (χ4v) is 1.40. The van der Waals surface area contributed by atoms with Gasteiger partial charge in [0.1, 0.15) is 5.82 Å². The summed E-state index contributed by atoms with van der Waals surface area (Å²) in [6.45, 7) is 1.82. The molecule has 1 aromatic rings. The molecular formula is C11H16N4O2. The molecule has 0 aliphatic carbocycles. The molecule has 1 rings (SSSR count). The zero-order valence-corrected chi connectivity index (χ0v) is 9.69. The van der Waals surface area contributed by atoms with E-state index in [0.29, 0.717) is 11.4 Å². The second kappa shape index (κ2) is 5.83. The summed E-state index contributed by atoms with van der Waals surface area (Å²) in [6, 6.07) is 3.13. The zero-order valence-electron chi connectivity index (χ0n) is 9.69. The van der Waals surface area contributed by atoms with Crippen LogP contribution in [0.25, 0.3) is 0 Å². The van der Waals surface area contributed by atoms with Crippen molar-refractivity contribution in [2.75, 3.05) is 12.3 Å². The highest BCUT2D eigenvalue weighted by Crippen LogP contribution is 2.09. The fraction of sp³-hybridized carbons (Fsp3) is 0.364. The number of aromatic nitrogens is 1. The van der Waals surface area contributed by atoms with E-state index in [4.69, 9.17) is 11.5 Å². The monoisotopic (exact) mass is 236 g/mol. The van der Waals surface area contributed by atoms with Crippen LogP contribution in [0.15, 0.2) is 12.1 Å². The van der Waals surface area contributed by atoms with Crippen molar-refractivity contribution in [1.29, 1.82) is 0 Å². The van der Waals surface area contributed by atoms with E-state index in [9.17, 15) is 9.59 Å². The molecule has 0 atom stereocenters. The van der Waals surface area contributed by atoms with Crippen molar-refractivity contribution >= 4 is 17.6 Å². The molecule has 0 bridgehead atoms. The van der Waals surface area contributed by atoms with E-state index in [2.05, 4.69) is 10.3 Å². The lowest BCUT2D eigenvalue weighted by Crippen LogP contribution is -2.33. The van der Waals surface area contributed by atoms with Crippen LogP contribution in [0.4, 0.5) is 5.82 Å². The number of hydrogen-bond donors (Lipinski definition) is 3. The molecular weight excluding hydrogens is 220 g/mol. The quantitative estimate of drug-likeness (QED) is 0.659. The van der Waals surface area contributed by atoms with Crippen molar-refractivity contribution in [3.8, 4) is 0 Å². The third-order valence-corrected chi connectivity index (χ3v) is 2.09. The Morgan fingerprint density at radius 3 is 2.71 bits per heavy atom. The fourth-order valence-electron chi connectivity index (χ4n) is 1.40. The Bertz CT molecular complexity index is 431. The van der Waals surface area contributed by atoms with E-state index in [-0.39, 0.29) is 12.5 Å². The first-order chi connectivity index (χ1) is 8.02. The van der Waals surface area contributed by atoms with Crippen molar-refractivity contribution < 1.29 is 9.59 Å². The number of carbonyl (C=O) groups is 2. The van der Waals surface area contributed by atoms with Gasteiger partial charge >= 0.3 is 0 Å². The number of anilines is 1. The van der Waals surface area contributed by atoms with Gasteiger partial charge in [-0.25, -0.2) is 4.98 Å². The minimum Gasteiger partial charge on any atom is -0.384 e. The van der Waals surface area contributed by atoms with Crippen LogP contribution in [0.1, 0.15) is 29.4 Å². The molecule has 17 heavy (non-hydrogen) atoms. The molecule has 0 saturated heterocycles. The highest BCUT2D eigenvalue weighted by atomic mass is 16.2. The van der Waals surface area contributed by atoms with Crippen LogP contribution in [0.5, 0.6) is 0 Å². The van der Waals surface area contributed by atoms with Gasteiger partial charge in [-0.05, 0) is 18.6 Å². The SMILES string of the molecule is CCCc1cc(C(=O)NCC(N)=O)cc(N)n1. The molecule has 2 amide bonds. The van der Waals surface area contributed by atoms with Crippen LogP contribution in [-0.4, -0.2) is 23.3 Å². The van der Waals surface area contributed by atoms with Crippen LogP contribution >= 0.6 is 0 Å². The van der Waals surface area contributed by atoms with Gasteiger partial charge in [0, 0.05) is 11.3 Å². The highest BCUT2D eigenvalue weighted by molar-refractivity contribution is 5.96. The van der Waals surface area contributed by atoms with Crippen molar-refractivity contribution in [2.24, 2.45) is 5.73 Å². The number of nitrogens with zero attached hydrogens (tertiary/aromatic N) is 1. The summed E-state index contributed by atoms with van der Waals surface area (Å²) in [4.78, 5) is 26.3. The van der Waals surface area contributed by atoms with Crippen LogP contribution in [0.3, 0.4) is 0 Å². The molecule has 0 unspecified atom stereocenters. The summed E-state index contributed by atoms with van der Waals surface area (Å²) in [7, 11) is 0. The van der Waals surface area contributed by atoms with Gasteiger partial charge in [-0.3, -0.25) is 9.59 Å². The Hall–Kier alpha value is -2.11. The lowest BCUT2D eigenvalue weighted by Gasteiger charge is -2.06. The van der Waals surface area contributed by atoms with E-state index in [0.717, 1.165) is 18.5 Å². The Labute approximate surface area is 99.4 Å². The van der Waals surface area contributed by atoms with Crippen molar-refractivity contribution in [1.82, 2.24) is 10.3 Å². The van der Waals surface area contributed by atoms with Gasteiger partial charge in [0.15, 0.2) is 0 Å². The number of primary amides is 1. The lowest BCUT2D eigenvalue weighted by molar-refractivity contribution is -0.117. The summed E-state index contributed by atoms with van der Waals surface area (Å²) in [5.41, 5.74) is 11.7. The molecule has 5 N–H and O–H groups in total. The van der Waals surface area contributed by atoms with Gasteiger partial charge in [0.2, 0.25) is 5.91 Å². The van der Waals surface area contributed by atoms with Gasteiger partial charge in [-0.2, -0.15) is 0 Å². The highest BCUT2D eigenvalue weighted by Gasteiger charge is 2.09. The van der Waals surface area contributed by atoms with Gasteiger partial charge in [0.05, 0.1) is 6.54 Å². The topological polar surface area (TPSA) is 111 Å². The zero-order chi connectivity index (χ0) is 12.8. The second-order valence-corrected chi connectivity index (χ2v) is 3.67. The molecule has 0 aliphatic rings. The maximum atomic E-state index is 11.7. The molecule has 6 heteroatoms. The first-order valence-electron chi connectivity index (χ1n) is 5.36. The first kappa shape index (κ1) is 13.0. The van der Waals surface area contributed by atoms with E-state index in [1.807, 2.05) is 6.92 Å². The van der Waals surface area contributed by atoms with Crippen LogP contribution < -0.4 is 16.8 Å². The molecule has 0 aromatic carbocycles. The van der Waals surface area contributed by atoms with Gasteiger partial charge in [-0.1, -0.05) is 13.3 Å². The van der Waals surface area contributed by atoms with E-state index < -0.39 is 5.91 Å². The van der Waals surface area contributed by atoms with Crippen LogP contribution in [-0.2, 0) is 11.2 Å². The third-order valence-electron chi connectivity index (χ3n) is 2.09. The molecule has 92 valence electrons. The number of rotatable bonds is 5. The van der Waals surface area contributed by atoms with Gasteiger partial charge < -0.3 is 16.8 Å². The molecule has 0 saturated carbocycles. The molecule has 0 aliphatic heterocycles. The molecule has 1 aromatic heterocycles. The summed E-state index contributed by atoms with van der Waals surface area (Å²) in [5, 5.41) is 2.40. The van der Waals surface area contributed by atoms with Crippen molar-refractivity contribution in [3.05, 3.63) is 23.4 Å². The predicted molar refractivity (Wildman–Crippen MR) is 64.2 cm³/mol. The Morgan fingerprint density at radius 2 is 2.12 bits per heavy atom. The number of nitrogens with two attached hydrogens (primary N) is 2. The van der Waals surface area contributed by atoms with Crippen molar-refractivity contribution in [3.63, 3.8) is 0 Å². The Morgan fingerprint density at radius 1 is 1.41 bits per heavy atom. The number of nitrogens with one attached hydrogen (secondary N) is 1. The maximum absolute atomic E-state index is 11.7. The summed E-state index contributed by atoms with van der Waals surface area (Å²) in [6.07, 6.45) is 1.67. The Balaban J connectivity index is 2.81. The molecule has 1 heterocycles. The average Bonchev–Trinajstić information content (AvgIpc) is 2.25. The number of carbonyl (C=O) groups excluding carboxylic acids is 2. The van der Waals surface area contributed by atoms with E-state index in [1.165, 1.54) is 6.07 Å². The summed E-state index contributed by atoms with van der Waals surface area (Å²) < 4.78 is 0. The number of nitrogen functional groups attached to an aromatic ring is 1. The smallest absolute Gasteiger partial charge is 0.251 e. The van der Waals surface area contributed by atoms with E-state index in [1.54, 1.807) is 6.07 Å². The molecule has 0 fully saturated rings. The minimum atomic E-state index is -0.589. The van der Waals surface area contributed by atoms with Crippen LogP contribution in [0.2, 0.25) is 0 Å². The lowest BCUT2D eigenvalue weighted by atomic mass is 10.1. The van der Waals surface area contributed by atoms with E-state index >= 15 is 0 Å². The largest absolute Gasteiger partial charge is 0.384 e.